The lowest BCUT2D eigenvalue weighted by Crippen LogP contribution is -2.53. The third-order valence-corrected chi connectivity index (χ3v) is 7.11. The summed E-state index contributed by atoms with van der Waals surface area (Å²) in [4.78, 5) is 16.3. The van der Waals surface area contributed by atoms with Crippen molar-refractivity contribution in [3.05, 3.63) is 71.8 Å². The van der Waals surface area contributed by atoms with Gasteiger partial charge in [-0.05, 0) is 61.6 Å². The second kappa shape index (κ2) is 8.39. The third kappa shape index (κ3) is 3.79. The van der Waals surface area contributed by atoms with Crippen LogP contribution in [0, 0.1) is 5.82 Å². The van der Waals surface area contributed by atoms with Crippen LogP contribution in [0.4, 0.5) is 14.6 Å². The minimum atomic E-state index is -0.982. The molecule has 0 spiro atoms. The Morgan fingerprint density at radius 1 is 1.12 bits per heavy atom. The van der Waals surface area contributed by atoms with E-state index in [0.717, 1.165) is 11.1 Å². The van der Waals surface area contributed by atoms with Gasteiger partial charge in [-0.25, -0.2) is 8.78 Å². The third-order valence-electron chi connectivity index (χ3n) is 7.11. The van der Waals surface area contributed by atoms with Crippen LogP contribution < -0.4 is 11.1 Å². The maximum absolute atomic E-state index is 14.3. The zero-order valence-electron chi connectivity index (χ0n) is 18.4. The Kier molecular flexibility index (Phi) is 5.51. The summed E-state index contributed by atoms with van der Waals surface area (Å²) < 4.78 is 28.1. The van der Waals surface area contributed by atoms with Gasteiger partial charge < -0.3 is 16.2 Å². The highest BCUT2D eigenvalue weighted by Gasteiger charge is 2.50. The predicted octanol–water partition coefficient (Wildman–Crippen LogP) is 3.04. The van der Waals surface area contributed by atoms with Gasteiger partial charge in [0.1, 0.15) is 17.8 Å². The lowest BCUT2D eigenvalue weighted by Gasteiger charge is -2.44. The standard InChI is InChI=1S/C25H25F2N5O2/c26-17-10-24(11-17,22-19(27)5-2-8-29-22)14-30-21-7-6-20(31-32-21)15-3-1-4-16(9-15)25(23(28)34)12-18(33)13-25/h1-9,17-18,33H,10-14H2,(H2,28,34)(H,30,32). The van der Waals surface area contributed by atoms with Gasteiger partial charge in [-0.1, -0.05) is 18.2 Å². The summed E-state index contributed by atoms with van der Waals surface area (Å²) >= 11 is 0. The highest BCUT2D eigenvalue weighted by molar-refractivity contribution is 5.88. The van der Waals surface area contributed by atoms with Crippen molar-refractivity contribution in [2.45, 2.75) is 48.8 Å². The van der Waals surface area contributed by atoms with Gasteiger partial charge >= 0.3 is 0 Å². The molecule has 0 aliphatic heterocycles. The van der Waals surface area contributed by atoms with E-state index in [2.05, 4.69) is 20.5 Å². The number of nitrogens with two attached hydrogens (primary N) is 1. The molecule has 2 aliphatic carbocycles. The van der Waals surface area contributed by atoms with Crippen LogP contribution in [-0.2, 0) is 15.6 Å². The molecule has 0 bridgehead atoms. The van der Waals surface area contributed by atoms with Crippen molar-refractivity contribution in [1.82, 2.24) is 15.2 Å². The molecule has 34 heavy (non-hydrogen) atoms. The monoisotopic (exact) mass is 465 g/mol. The number of hydrogen-bond acceptors (Lipinski definition) is 6. The second-order valence-electron chi connectivity index (χ2n) is 9.37. The van der Waals surface area contributed by atoms with Gasteiger partial charge in [0.05, 0.1) is 22.9 Å². The summed E-state index contributed by atoms with van der Waals surface area (Å²) in [6, 6.07) is 13.8. The fourth-order valence-corrected chi connectivity index (χ4v) is 5.13. The number of halogens is 2. The van der Waals surface area contributed by atoms with Crippen LogP contribution in [0.2, 0.25) is 0 Å². The number of pyridine rings is 1. The van der Waals surface area contributed by atoms with Crippen LogP contribution in [0.5, 0.6) is 0 Å². The quantitative estimate of drug-likeness (QED) is 0.494. The Balaban J connectivity index is 1.32. The molecule has 2 saturated carbocycles. The summed E-state index contributed by atoms with van der Waals surface area (Å²) in [5.74, 6) is -0.413. The number of carbonyl (C=O) groups is 1. The average Bonchev–Trinajstić information content (AvgIpc) is 2.79. The Labute approximate surface area is 195 Å². The Morgan fingerprint density at radius 2 is 1.91 bits per heavy atom. The average molecular weight is 466 g/mol. The molecule has 0 atom stereocenters. The van der Waals surface area contributed by atoms with E-state index in [9.17, 15) is 18.7 Å². The van der Waals surface area contributed by atoms with Crippen molar-refractivity contribution >= 4 is 11.7 Å². The van der Waals surface area contributed by atoms with Crippen LogP contribution >= 0.6 is 0 Å². The summed E-state index contributed by atoms with van der Waals surface area (Å²) in [7, 11) is 0. The minimum absolute atomic E-state index is 0.197. The summed E-state index contributed by atoms with van der Waals surface area (Å²) in [5.41, 5.74) is 6.43. The van der Waals surface area contributed by atoms with E-state index in [4.69, 9.17) is 5.73 Å². The molecule has 5 rings (SSSR count). The Bertz CT molecular complexity index is 1210. The van der Waals surface area contributed by atoms with Gasteiger partial charge in [0.25, 0.3) is 0 Å². The highest BCUT2D eigenvalue weighted by atomic mass is 19.1. The molecule has 0 saturated heterocycles. The SMILES string of the molecule is NC(=O)C1(c2cccc(-c3ccc(NCC4(c5ncccc5F)CC(F)C4)nn3)c2)CC(O)C1. The first-order chi connectivity index (χ1) is 16.3. The molecule has 4 N–H and O–H groups in total. The second-order valence-corrected chi connectivity index (χ2v) is 9.37. The van der Waals surface area contributed by atoms with E-state index in [0.29, 0.717) is 24.4 Å². The number of alkyl halides is 1. The molecule has 9 heteroatoms. The maximum Gasteiger partial charge on any atom is 0.228 e. The van der Waals surface area contributed by atoms with Gasteiger partial charge in [-0.3, -0.25) is 9.78 Å². The number of anilines is 1. The zero-order valence-corrected chi connectivity index (χ0v) is 18.4. The van der Waals surface area contributed by atoms with Crippen LogP contribution in [0.25, 0.3) is 11.3 Å². The van der Waals surface area contributed by atoms with Crippen LogP contribution in [0.15, 0.2) is 54.7 Å². The number of benzene rings is 1. The van der Waals surface area contributed by atoms with E-state index in [1.165, 1.54) is 18.3 Å². The van der Waals surface area contributed by atoms with Gasteiger partial charge in [0, 0.05) is 23.7 Å². The smallest absolute Gasteiger partial charge is 0.228 e. The van der Waals surface area contributed by atoms with Gasteiger partial charge in [0.2, 0.25) is 5.91 Å². The fourth-order valence-electron chi connectivity index (χ4n) is 5.13. The number of carbonyl (C=O) groups excluding carboxylic acids is 1. The lowest BCUT2D eigenvalue weighted by molar-refractivity contribution is -0.131. The molecule has 1 aromatic carbocycles. The number of amides is 1. The van der Waals surface area contributed by atoms with Crippen molar-refractivity contribution in [2.24, 2.45) is 5.73 Å². The van der Waals surface area contributed by atoms with Gasteiger partial charge in [0.15, 0.2) is 0 Å². The topological polar surface area (TPSA) is 114 Å². The number of hydrogen-bond donors (Lipinski definition) is 3. The number of primary amides is 1. The molecule has 2 fully saturated rings. The number of nitrogens with zero attached hydrogens (tertiary/aromatic N) is 3. The fraction of sp³-hybridized carbons (Fsp3) is 0.360. The molecule has 2 aliphatic rings. The highest BCUT2D eigenvalue weighted by Crippen LogP contribution is 2.46. The summed E-state index contributed by atoms with van der Waals surface area (Å²) in [6.07, 6.45) is 1.00. The minimum Gasteiger partial charge on any atom is -0.393 e. The van der Waals surface area contributed by atoms with E-state index in [-0.39, 0.29) is 25.1 Å². The number of aliphatic hydroxyl groups is 1. The van der Waals surface area contributed by atoms with Crippen LogP contribution in [0.1, 0.15) is 36.9 Å². The molecule has 0 radical (unpaired) electrons. The molecule has 2 heterocycles. The van der Waals surface area contributed by atoms with Crippen molar-refractivity contribution in [3.63, 3.8) is 0 Å². The van der Waals surface area contributed by atoms with Gasteiger partial charge in [-0.2, -0.15) is 0 Å². The largest absolute Gasteiger partial charge is 0.393 e. The molecule has 0 unspecified atom stereocenters. The lowest BCUT2D eigenvalue weighted by atomic mass is 9.62. The van der Waals surface area contributed by atoms with E-state index < -0.39 is 34.8 Å². The molecular formula is C25H25F2N5O2. The van der Waals surface area contributed by atoms with Gasteiger partial charge in [-0.15, -0.1) is 10.2 Å². The van der Waals surface area contributed by atoms with Crippen molar-refractivity contribution in [2.75, 3.05) is 11.9 Å². The number of aliphatic hydroxyl groups excluding tert-OH is 1. The number of rotatable bonds is 7. The molecule has 176 valence electrons. The van der Waals surface area contributed by atoms with Crippen molar-refractivity contribution in [1.29, 1.82) is 0 Å². The molecular weight excluding hydrogens is 440 g/mol. The van der Waals surface area contributed by atoms with Crippen molar-refractivity contribution < 1.29 is 18.7 Å². The van der Waals surface area contributed by atoms with Crippen molar-refractivity contribution in [3.8, 4) is 11.3 Å². The summed E-state index contributed by atoms with van der Waals surface area (Å²) in [6.45, 7) is 0.286. The predicted molar refractivity (Wildman–Crippen MR) is 122 cm³/mol. The Morgan fingerprint density at radius 3 is 2.53 bits per heavy atom. The zero-order chi connectivity index (χ0) is 23.9. The van der Waals surface area contributed by atoms with E-state index in [1.54, 1.807) is 12.1 Å². The molecule has 7 nitrogen and oxygen atoms in total. The first-order valence-corrected chi connectivity index (χ1v) is 11.2. The first-order valence-electron chi connectivity index (χ1n) is 11.2. The molecule has 1 amide bonds. The first kappa shape index (κ1) is 22.3. The normalized spacial score (nSPS) is 28.0. The molecule has 2 aromatic heterocycles. The maximum atomic E-state index is 14.3. The number of nitrogens with one attached hydrogen (secondary N) is 1. The van der Waals surface area contributed by atoms with E-state index >= 15 is 0 Å². The van der Waals surface area contributed by atoms with Crippen LogP contribution in [-0.4, -0.2) is 45.0 Å². The Hall–Kier alpha value is -3.46. The number of aromatic nitrogens is 3. The summed E-state index contributed by atoms with van der Waals surface area (Å²) in [5, 5.41) is 21.4. The van der Waals surface area contributed by atoms with Crippen LogP contribution in [0.3, 0.4) is 0 Å². The molecule has 3 aromatic rings. The van der Waals surface area contributed by atoms with E-state index in [1.807, 2.05) is 24.3 Å².